The fourth-order valence-corrected chi connectivity index (χ4v) is 1.49. The highest BCUT2D eigenvalue weighted by Gasteiger charge is 2.39. The van der Waals surface area contributed by atoms with Gasteiger partial charge in [-0.2, -0.15) is 13.2 Å². The molecule has 0 fully saturated rings. The minimum atomic E-state index is -4.94. The third-order valence-electron chi connectivity index (χ3n) is 2.40. The molecule has 19 heavy (non-hydrogen) atoms. The summed E-state index contributed by atoms with van der Waals surface area (Å²) < 4.78 is 55.5. The van der Waals surface area contributed by atoms with E-state index in [2.05, 4.69) is 4.74 Å². The number of hydrogen-bond donors (Lipinski definition) is 2. The van der Waals surface area contributed by atoms with Crippen LogP contribution in [0.15, 0.2) is 18.2 Å². The van der Waals surface area contributed by atoms with Gasteiger partial charge in [0.2, 0.25) is 0 Å². The standard InChI is InChI=1S/C11H10F4O4/c1-19-10(18)9(17)8(16)7-5(11(13,14)15)3-2-4-6(7)12/h2-4,8-9,16-17H,1H3. The Balaban J connectivity index is 3.30. The molecule has 8 heteroatoms. The van der Waals surface area contributed by atoms with Crippen LogP contribution in [0.3, 0.4) is 0 Å². The molecule has 0 aliphatic carbocycles. The number of aliphatic hydroxyl groups excluding tert-OH is 2. The predicted molar refractivity (Wildman–Crippen MR) is 54.4 cm³/mol. The van der Waals surface area contributed by atoms with Gasteiger partial charge in [-0.25, -0.2) is 9.18 Å². The third-order valence-corrected chi connectivity index (χ3v) is 2.40. The number of methoxy groups -OCH3 is 1. The van der Waals surface area contributed by atoms with E-state index in [-0.39, 0.29) is 0 Å². The van der Waals surface area contributed by atoms with E-state index >= 15 is 0 Å². The number of halogens is 4. The highest BCUT2D eigenvalue weighted by atomic mass is 19.4. The number of hydrogen-bond acceptors (Lipinski definition) is 4. The Morgan fingerprint density at radius 2 is 1.89 bits per heavy atom. The van der Waals surface area contributed by atoms with Gasteiger partial charge in [0.1, 0.15) is 11.9 Å². The lowest BCUT2D eigenvalue weighted by molar-refractivity contribution is -0.158. The molecule has 2 N–H and O–H groups in total. The first kappa shape index (κ1) is 15.4. The fourth-order valence-electron chi connectivity index (χ4n) is 1.49. The van der Waals surface area contributed by atoms with Crippen molar-refractivity contribution in [3.05, 3.63) is 35.1 Å². The van der Waals surface area contributed by atoms with E-state index in [1.807, 2.05) is 0 Å². The summed E-state index contributed by atoms with van der Waals surface area (Å²) in [5.74, 6) is -2.76. The summed E-state index contributed by atoms with van der Waals surface area (Å²) in [7, 11) is 0.865. The molecule has 0 radical (unpaired) electrons. The minimum absolute atomic E-state index is 0.533. The van der Waals surface area contributed by atoms with E-state index in [0.29, 0.717) is 12.1 Å². The van der Waals surface area contributed by atoms with Crippen LogP contribution in [-0.2, 0) is 15.7 Å². The van der Waals surface area contributed by atoms with Crippen LogP contribution in [0.1, 0.15) is 17.2 Å². The lowest BCUT2D eigenvalue weighted by Crippen LogP contribution is -2.31. The Morgan fingerprint density at radius 3 is 2.37 bits per heavy atom. The number of carbonyl (C=O) groups excluding carboxylic acids is 1. The minimum Gasteiger partial charge on any atom is -0.467 e. The molecule has 0 amide bonds. The van der Waals surface area contributed by atoms with Gasteiger partial charge < -0.3 is 14.9 Å². The molecule has 2 atom stereocenters. The Hall–Kier alpha value is -1.67. The number of alkyl halides is 3. The molecule has 0 aromatic heterocycles. The summed E-state index contributed by atoms with van der Waals surface area (Å²) in [5, 5.41) is 18.8. The fraction of sp³-hybridized carbons (Fsp3) is 0.364. The molecule has 0 spiro atoms. The molecule has 2 unspecified atom stereocenters. The molecule has 1 aromatic rings. The van der Waals surface area contributed by atoms with Gasteiger partial charge >= 0.3 is 12.1 Å². The highest BCUT2D eigenvalue weighted by molar-refractivity contribution is 5.75. The molecule has 0 bridgehead atoms. The molecular weight excluding hydrogens is 272 g/mol. The lowest BCUT2D eigenvalue weighted by Gasteiger charge is -2.20. The summed E-state index contributed by atoms with van der Waals surface area (Å²) >= 11 is 0. The zero-order valence-electron chi connectivity index (χ0n) is 9.61. The van der Waals surface area contributed by atoms with Gasteiger partial charge in [0, 0.05) is 5.56 Å². The van der Waals surface area contributed by atoms with Gasteiger partial charge in [0.15, 0.2) is 6.10 Å². The van der Waals surface area contributed by atoms with E-state index in [9.17, 15) is 32.6 Å². The summed E-state index contributed by atoms with van der Waals surface area (Å²) in [4.78, 5) is 11.0. The SMILES string of the molecule is COC(=O)C(O)C(O)c1c(F)cccc1C(F)(F)F. The van der Waals surface area contributed by atoms with Gasteiger partial charge in [-0.3, -0.25) is 0 Å². The lowest BCUT2D eigenvalue weighted by atomic mass is 9.97. The van der Waals surface area contributed by atoms with Crippen molar-refractivity contribution in [3.63, 3.8) is 0 Å². The summed E-state index contributed by atoms with van der Waals surface area (Å²) in [5.41, 5.74) is -2.67. The van der Waals surface area contributed by atoms with Crippen LogP contribution in [0.4, 0.5) is 17.6 Å². The normalized spacial score (nSPS) is 14.9. The summed E-state index contributed by atoms with van der Waals surface area (Å²) in [6, 6.07) is 2.02. The number of benzene rings is 1. The van der Waals surface area contributed by atoms with Crippen molar-refractivity contribution < 1.29 is 37.3 Å². The van der Waals surface area contributed by atoms with Gasteiger partial charge in [-0.1, -0.05) is 6.07 Å². The molecule has 0 saturated carbocycles. The first-order chi connectivity index (χ1) is 8.70. The van der Waals surface area contributed by atoms with Crippen LogP contribution in [0.2, 0.25) is 0 Å². The Labute approximate surface area is 105 Å². The topological polar surface area (TPSA) is 66.8 Å². The van der Waals surface area contributed by atoms with Crippen LogP contribution >= 0.6 is 0 Å². The van der Waals surface area contributed by atoms with Gasteiger partial charge in [0.25, 0.3) is 0 Å². The summed E-state index contributed by atoms with van der Waals surface area (Å²) in [6.45, 7) is 0. The maximum absolute atomic E-state index is 13.4. The second-order valence-corrected chi connectivity index (χ2v) is 3.61. The van der Waals surface area contributed by atoms with Crippen molar-refractivity contribution in [3.8, 4) is 0 Å². The Morgan fingerprint density at radius 1 is 1.32 bits per heavy atom. The second kappa shape index (κ2) is 5.54. The van der Waals surface area contributed by atoms with Crippen LogP contribution in [0.5, 0.6) is 0 Å². The van der Waals surface area contributed by atoms with Crippen LogP contribution < -0.4 is 0 Å². The van der Waals surface area contributed by atoms with E-state index in [1.54, 1.807) is 0 Å². The number of rotatable bonds is 3. The number of ether oxygens (including phenoxy) is 1. The summed E-state index contributed by atoms with van der Waals surface area (Å²) in [6.07, 6.45) is -9.64. The molecule has 4 nitrogen and oxygen atoms in total. The van der Waals surface area contributed by atoms with Crippen molar-refractivity contribution >= 4 is 5.97 Å². The average Bonchev–Trinajstić information content (AvgIpc) is 2.34. The molecular formula is C11H10F4O4. The first-order valence-electron chi connectivity index (χ1n) is 4.99. The van der Waals surface area contributed by atoms with Crippen molar-refractivity contribution in [2.45, 2.75) is 18.4 Å². The largest absolute Gasteiger partial charge is 0.467 e. The van der Waals surface area contributed by atoms with E-state index in [1.165, 1.54) is 0 Å². The zero-order valence-corrected chi connectivity index (χ0v) is 9.61. The van der Waals surface area contributed by atoms with Crippen molar-refractivity contribution in [2.24, 2.45) is 0 Å². The quantitative estimate of drug-likeness (QED) is 0.650. The molecule has 0 heterocycles. The maximum atomic E-state index is 13.4. The third kappa shape index (κ3) is 3.21. The van der Waals surface area contributed by atoms with E-state index in [4.69, 9.17) is 0 Å². The number of aliphatic hydroxyl groups is 2. The smallest absolute Gasteiger partial charge is 0.416 e. The van der Waals surface area contributed by atoms with E-state index in [0.717, 1.165) is 13.2 Å². The van der Waals surface area contributed by atoms with Crippen molar-refractivity contribution in [1.82, 2.24) is 0 Å². The van der Waals surface area contributed by atoms with Gasteiger partial charge in [-0.05, 0) is 12.1 Å². The second-order valence-electron chi connectivity index (χ2n) is 3.61. The Bertz CT molecular complexity index is 472. The molecule has 0 saturated heterocycles. The maximum Gasteiger partial charge on any atom is 0.416 e. The van der Waals surface area contributed by atoms with Crippen LogP contribution in [0, 0.1) is 5.82 Å². The highest BCUT2D eigenvalue weighted by Crippen LogP contribution is 2.36. The molecule has 1 aromatic carbocycles. The van der Waals surface area contributed by atoms with Crippen LogP contribution in [0.25, 0.3) is 0 Å². The molecule has 0 aliphatic heterocycles. The molecule has 106 valence electrons. The monoisotopic (exact) mass is 282 g/mol. The Kier molecular flexibility index (Phi) is 4.48. The van der Waals surface area contributed by atoms with Crippen molar-refractivity contribution in [1.29, 1.82) is 0 Å². The van der Waals surface area contributed by atoms with Gasteiger partial charge in [-0.15, -0.1) is 0 Å². The first-order valence-corrected chi connectivity index (χ1v) is 4.99. The van der Waals surface area contributed by atoms with Crippen molar-refractivity contribution in [2.75, 3.05) is 7.11 Å². The average molecular weight is 282 g/mol. The number of esters is 1. The number of carbonyl (C=O) groups is 1. The van der Waals surface area contributed by atoms with Crippen LogP contribution in [-0.4, -0.2) is 29.4 Å². The molecule has 0 aliphatic rings. The molecule has 1 rings (SSSR count). The van der Waals surface area contributed by atoms with E-state index < -0.39 is 41.3 Å². The zero-order chi connectivity index (χ0) is 14.8. The predicted octanol–water partition coefficient (Wildman–Crippen LogP) is 1.41. The van der Waals surface area contributed by atoms with Gasteiger partial charge in [0.05, 0.1) is 12.7 Å².